The largest absolute Gasteiger partial charge is 0.417 e. The van der Waals surface area contributed by atoms with E-state index >= 15 is 0 Å². The smallest absolute Gasteiger partial charge is 0.266 e. The van der Waals surface area contributed by atoms with E-state index in [-0.39, 0.29) is 12.5 Å². The number of carbonyl (C=O) groups excluding carboxylic acids is 1. The van der Waals surface area contributed by atoms with E-state index in [1.54, 1.807) is 23.3 Å². The summed E-state index contributed by atoms with van der Waals surface area (Å²) in [6.07, 6.45) is 5.93. The van der Waals surface area contributed by atoms with Crippen LogP contribution in [0.4, 0.5) is 0 Å². The van der Waals surface area contributed by atoms with Gasteiger partial charge >= 0.3 is 0 Å². The molecule has 0 spiro atoms. The van der Waals surface area contributed by atoms with Gasteiger partial charge in [0.25, 0.3) is 11.8 Å². The molecule has 0 fully saturated rings. The maximum Gasteiger partial charge on any atom is 0.266 e. The predicted octanol–water partition coefficient (Wildman–Crippen LogP) is 2.82. The molecule has 1 aromatic carbocycles. The fourth-order valence-corrected chi connectivity index (χ4v) is 2.80. The van der Waals surface area contributed by atoms with Gasteiger partial charge in [-0.3, -0.25) is 14.5 Å². The normalized spacial score (nSPS) is 11.0. The highest BCUT2D eigenvalue weighted by Gasteiger charge is 2.14. The summed E-state index contributed by atoms with van der Waals surface area (Å²) in [7, 11) is 0. The molecular weight excluding hydrogens is 344 g/mol. The topological polar surface area (TPSA) is 98.7 Å². The van der Waals surface area contributed by atoms with Gasteiger partial charge in [-0.1, -0.05) is 31.2 Å². The summed E-state index contributed by atoms with van der Waals surface area (Å²) in [5, 5.41) is 17.0. The number of benzene rings is 1. The lowest BCUT2D eigenvalue weighted by Gasteiger charge is -2.01. The molecule has 4 aromatic rings. The Labute approximate surface area is 155 Å². The van der Waals surface area contributed by atoms with Gasteiger partial charge in [0.2, 0.25) is 5.89 Å². The van der Waals surface area contributed by atoms with Crippen LogP contribution in [0.5, 0.6) is 0 Å². The van der Waals surface area contributed by atoms with E-state index in [1.165, 1.54) is 0 Å². The molecular formula is C19H18N6O2. The molecule has 3 aromatic heterocycles. The van der Waals surface area contributed by atoms with Crippen LogP contribution >= 0.6 is 0 Å². The van der Waals surface area contributed by atoms with Crippen molar-refractivity contribution in [1.82, 2.24) is 30.3 Å². The average molecular weight is 362 g/mol. The van der Waals surface area contributed by atoms with Crippen LogP contribution in [0, 0.1) is 0 Å². The van der Waals surface area contributed by atoms with E-state index in [1.807, 2.05) is 30.3 Å². The molecule has 0 saturated carbocycles. The van der Waals surface area contributed by atoms with Crippen LogP contribution in [-0.4, -0.2) is 30.9 Å². The number of nitrogens with one attached hydrogen (secondary N) is 1. The van der Waals surface area contributed by atoms with Crippen LogP contribution in [0.2, 0.25) is 0 Å². The maximum absolute atomic E-state index is 12.2. The highest BCUT2D eigenvalue weighted by Crippen LogP contribution is 2.25. The summed E-state index contributed by atoms with van der Waals surface area (Å²) in [4.78, 5) is 16.6. The lowest BCUT2D eigenvalue weighted by atomic mass is 10.1. The van der Waals surface area contributed by atoms with Crippen molar-refractivity contribution in [2.75, 3.05) is 0 Å². The van der Waals surface area contributed by atoms with Crippen molar-refractivity contribution in [3.63, 3.8) is 0 Å². The van der Waals surface area contributed by atoms with Crippen molar-refractivity contribution < 1.29 is 9.21 Å². The number of nitrogens with zero attached hydrogens (tertiary/aromatic N) is 5. The van der Waals surface area contributed by atoms with E-state index in [2.05, 4.69) is 32.5 Å². The maximum atomic E-state index is 12.2. The quantitative estimate of drug-likeness (QED) is 0.566. The number of fused-ring (bicyclic) bond motifs is 1. The number of amides is 1. The van der Waals surface area contributed by atoms with Gasteiger partial charge in [0, 0.05) is 24.3 Å². The van der Waals surface area contributed by atoms with E-state index in [0.29, 0.717) is 23.0 Å². The first-order chi connectivity index (χ1) is 13.2. The van der Waals surface area contributed by atoms with Crippen molar-refractivity contribution in [1.29, 1.82) is 0 Å². The molecule has 1 N–H and O–H groups in total. The third kappa shape index (κ3) is 3.55. The minimum absolute atomic E-state index is 0.134. The van der Waals surface area contributed by atoms with Gasteiger partial charge in [-0.15, -0.1) is 10.2 Å². The summed E-state index contributed by atoms with van der Waals surface area (Å²) < 4.78 is 7.43. The molecule has 3 heterocycles. The number of rotatable bonds is 6. The third-order valence-electron chi connectivity index (χ3n) is 4.09. The highest BCUT2D eigenvalue weighted by molar-refractivity contribution is 5.93. The Morgan fingerprint density at radius 1 is 1.22 bits per heavy atom. The standard InChI is InChI=1S/C19H18N6O2/c1-2-9-25-12-14(10-22-25)18(26)21-11-16-23-24-19(27-16)17-15-6-4-3-5-13(15)7-8-20-17/h3-8,10,12H,2,9,11H2,1H3,(H,21,26). The number of pyridine rings is 1. The van der Waals surface area contributed by atoms with Crippen molar-refractivity contribution in [2.24, 2.45) is 0 Å². The van der Waals surface area contributed by atoms with Crippen LogP contribution < -0.4 is 5.32 Å². The first kappa shape index (κ1) is 16.9. The molecule has 136 valence electrons. The molecule has 8 heteroatoms. The third-order valence-corrected chi connectivity index (χ3v) is 4.09. The first-order valence-corrected chi connectivity index (χ1v) is 8.71. The fourth-order valence-electron chi connectivity index (χ4n) is 2.80. The van der Waals surface area contributed by atoms with Gasteiger partial charge in [0.15, 0.2) is 0 Å². The Morgan fingerprint density at radius 3 is 3.00 bits per heavy atom. The van der Waals surface area contributed by atoms with E-state index < -0.39 is 0 Å². The minimum Gasteiger partial charge on any atom is -0.417 e. The Bertz CT molecular complexity index is 1080. The van der Waals surface area contributed by atoms with Crippen molar-refractivity contribution >= 4 is 16.7 Å². The summed E-state index contributed by atoms with van der Waals surface area (Å²) in [6, 6.07) is 9.77. The molecule has 4 rings (SSSR count). The number of aryl methyl sites for hydroxylation is 1. The fraction of sp³-hybridized carbons (Fsp3) is 0.211. The molecule has 0 atom stereocenters. The Kier molecular flexibility index (Phi) is 4.61. The van der Waals surface area contributed by atoms with Crippen molar-refractivity contribution in [3.05, 3.63) is 60.4 Å². The Hall–Kier alpha value is -3.55. The molecule has 0 aliphatic carbocycles. The summed E-state index contributed by atoms with van der Waals surface area (Å²) in [5.74, 6) is 0.404. The highest BCUT2D eigenvalue weighted by atomic mass is 16.4. The Balaban J connectivity index is 1.47. The van der Waals surface area contributed by atoms with Crippen LogP contribution in [0.25, 0.3) is 22.4 Å². The summed E-state index contributed by atoms with van der Waals surface area (Å²) in [5.41, 5.74) is 1.12. The molecule has 0 saturated heterocycles. The molecule has 0 bridgehead atoms. The van der Waals surface area contributed by atoms with Crippen LogP contribution in [0.1, 0.15) is 29.6 Å². The van der Waals surface area contributed by atoms with Crippen LogP contribution in [0.3, 0.4) is 0 Å². The first-order valence-electron chi connectivity index (χ1n) is 8.71. The van der Waals surface area contributed by atoms with Gasteiger partial charge in [-0.05, 0) is 17.9 Å². The molecule has 0 aliphatic heterocycles. The Morgan fingerprint density at radius 2 is 2.11 bits per heavy atom. The second-order valence-corrected chi connectivity index (χ2v) is 6.06. The molecule has 8 nitrogen and oxygen atoms in total. The summed E-state index contributed by atoms with van der Waals surface area (Å²) >= 11 is 0. The van der Waals surface area contributed by atoms with Gasteiger partial charge < -0.3 is 9.73 Å². The summed E-state index contributed by atoms with van der Waals surface area (Å²) in [6.45, 7) is 2.97. The van der Waals surface area contributed by atoms with E-state index in [4.69, 9.17) is 4.42 Å². The number of aromatic nitrogens is 5. The molecule has 27 heavy (non-hydrogen) atoms. The zero-order valence-corrected chi connectivity index (χ0v) is 14.8. The van der Waals surface area contributed by atoms with Gasteiger partial charge in [0.05, 0.1) is 18.3 Å². The number of carbonyl (C=O) groups is 1. The predicted molar refractivity (Wildman–Crippen MR) is 98.7 cm³/mol. The average Bonchev–Trinajstić information content (AvgIpc) is 3.36. The SMILES string of the molecule is CCCn1cc(C(=O)NCc2nnc(-c3nccc4ccccc34)o2)cn1. The van der Waals surface area contributed by atoms with E-state index in [0.717, 1.165) is 23.7 Å². The zero-order valence-electron chi connectivity index (χ0n) is 14.8. The van der Waals surface area contributed by atoms with E-state index in [9.17, 15) is 4.79 Å². The lowest BCUT2D eigenvalue weighted by molar-refractivity contribution is 0.0947. The monoisotopic (exact) mass is 362 g/mol. The van der Waals surface area contributed by atoms with Gasteiger partial charge in [-0.25, -0.2) is 0 Å². The van der Waals surface area contributed by atoms with Crippen LogP contribution in [-0.2, 0) is 13.1 Å². The molecule has 0 aliphatic rings. The molecule has 1 amide bonds. The van der Waals surface area contributed by atoms with Gasteiger partial charge in [-0.2, -0.15) is 5.10 Å². The molecule has 0 unspecified atom stereocenters. The minimum atomic E-state index is -0.236. The zero-order chi connectivity index (χ0) is 18.6. The van der Waals surface area contributed by atoms with Crippen molar-refractivity contribution in [3.8, 4) is 11.6 Å². The molecule has 0 radical (unpaired) electrons. The van der Waals surface area contributed by atoms with Crippen molar-refractivity contribution in [2.45, 2.75) is 26.4 Å². The second-order valence-electron chi connectivity index (χ2n) is 6.06. The number of hydrogen-bond donors (Lipinski definition) is 1. The van der Waals surface area contributed by atoms with Gasteiger partial charge in [0.1, 0.15) is 5.69 Å². The number of hydrogen-bond acceptors (Lipinski definition) is 6. The second kappa shape index (κ2) is 7.36. The lowest BCUT2D eigenvalue weighted by Crippen LogP contribution is -2.22. The van der Waals surface area contributed by atoms with Crippen LogP contribution in [0.15, 0.2) is 53.3 Å².